The van der Waals surface area contributed by atoms with Crippen LogP contribution in [0.2, 0.25) is 5.02 Å². The summed E-state index contributed by atoms with van der Waals surface area (Å²) in [6, 6.07) is 15.8. The molecule has 4 heteroatoms. The minimum absolute atomic E-state index is 0.693. The van der Waals surface area contributed by atoms with Crippen LogP contribution in [-0.2, 0) is 0 Å². The second-order valence-corrected chi connectivity index (χ2v) is 13.4. The number of rotatable bonds is 1. The third kappa shape index (κ3) is 2.72. The summed E-state index contributed by atoms with van der Waals surface area (Å²) in [6.45, 7) is 3.96. The van der Waals surface area contributed by atoms with Crippen molar-refractivity contribution in [3.63, 3.8) is 0 Å². The van der Waals surface area contributed by atoms with E-state index in [1.165, 1.54) is 0 Å². The molecule has 3 rings (SSSR count). The standard InChI is InChI=1S/C16H15Cl2OP/c1-20(2,18)11-15(12-6-4-3-5-7-12)14-10-13(17)8-9-16(14)19-20/h3-11H,1-2H3. The fourth-order valence-electron chi connectivity index (χ4n) is 2.39. The van der Waals surface area contributed by atoms with E-state index in [1.807, 2.05) is 49.7 Å². The van der Waals surface area contributed by atoms with Gasteiger partial charge in [-0.25, -0.2) is 0 Å². The van der Waals surface area contributed by atoms with Crippen molar-refractivity contribution >= 4 is 34.6 Å². The van der Waals surface area contributed by atoms with Crippen LogP contribution in [0, 0.1) is 0 Å². The maximum absolute atomic E-state index is 6.74. The SMILES string of the molecule is CP1(C)(Cl)C=C(c2ccccc2)c2cc(Cl)ccc2O1. The monoisotopic (exact) mass is 324 g/mol. The Bertz CT molecular complexity index is 699. The Kier molecular flexibility index (Phi) is 3.14. The van der Waals surface area contributed by atoms with Gasteiger partial charge in [0, 0.05) is 0 Å². The maximum atomic E-state index is 6.74. The van der Waals surface area contributed by atoms with Gasteiger partial charge in [-0.05, 0) is 0 Å². The molecule has 0 unspecified atom stereocenters. The molecule has 0 radical (unpaired) electrons. The molecule has 0 atom stereocenters. The zero-order chi connectivity index (χ0) is 14.4. The average Bonchev–Trinajstić information content (AvgIpc) is 2.38. The van der Waals surface area contributed by atoms with Crippen LogP contribution in [0.15, 0.2) is 54.3 Å². The molecule has 0 saturated carbocycles. The van der Waals surface area contributed by atoms with Crippen LogP contribution in [0.4, 0.5) is 0 Å². The Labute approximate surface area is 129 Å². The van der Waals surface area contributed by atoms with E-state index >= 15 is 0 Å². The molecule has 0 fully saturated rings. The Morgan fingerprint density at radius 1 is 1.00 bits per heavy atom. The first-order valence-electron chi connectivity index (χ1n) is 6.33. The first kappa shape index (κ1) is 13.9. The van der Waals surface area contributed by atoms with Gasteiger partial charge in [0.2, 0.25) is 0 Å². The third-order valence-corrected chi connectivity index (χ3v) is 5.62. The van der Waals surface area contributed by atoms with E-state index in [4.69, 9.17) is 27.4 Å². The molecule has 1 nitrogen and oxygen atoms in total. The van der Waals surface area contributed by atoms with Crippen molar-refractivity contribution in [1.29, 1.82) is 0 Å². The molecule has 1 aliphatic heterocycles. The first-order chi connectivity index (χ1) is 9.32. The fourth-order valence-corrected chi connectivity index (χ4v) is 4.87. The molecule has 0 amide bonds. The summed E-state index contributed by atoms with van der Waals surface area (Å²) in [6.07, 6.45) is -2.81. The molecule has 0 aliphatic carbocycles. The Balaban J connectivity index is 2.27. The topological polar surface area (TPSA) is 9.23 Å². The summed E-state index contributed by atoms with van der Waals surface area (Å²) in [4.78, 5) is 0. The molecule has 1 aliphatic rings. The molecule has 104 valence electrons. The van der Waals surface area contributed by atoms with Gasteiger partial charge in [0.05, 0.1) is 0 Å². The molecule has 0 aromatic heterocycles. The molecule has 20 heavy (non-hydrogen) atoms. The molecular formula is C16H15Cl2OP. The van der Waals surface area contributed by atoms with Gasteiger partial charge < -0.3 is 0 Å². The van der Waals surface area contributed by atoms with Crippen molar-refractivity contribution in [2.24, 2.45) is 0 Å². The molecule has 1 heterocycles. The van der Waals surface area contributed by atoms with Gasteiger partial charge in [-0.1, -0.05) is 0 Å². The van der Waals surface area contributed by atoms with Crippen LogP contribution in [0.25, 0.3) is 5.57 Å². The first-order valence-corrected chi connectivity index (χ1v) is 10.7. The molecule has 2 aromatic carbocycles. The second-order valence-electron chi connectivity index (χ2n) is 5.58. The summed E-state index contributed by atoms with van der Waals surface area (Å²) in [5.41, 5.74) is 3.21. The molecule has 0 saturated heterocycles. The third-order valence-electron chi connectivity index (χ3n) is 3.17. The van der Waals surface area contributed by atoms with Crippen LogP contribution in [-0.4, -0.2) is 13.3 Å². The van der Waals surface area contributed by atoms with Crippen LogP contribution in [0.5, 0.6) is 5.75 Å². The number of fused-ring (bicyclic) bond motifs is 1. The van der Waals surface area contributed by atoms with E-state index in [2.05, 4.69) is 17.9 Å². The van der Waals surface area contributed by atoms with Crippen LogP contribution in [0.3, 0.4) is 0 Å². The van der Waals surface area contributed by atoms with Gasteiger partial charge in [-0.2, -0.15) is 0 Å². The van der Waals surface area contributed by atoms with E-state index in [9.17, 15) is 0 Å². The summed E-state index contributed by atoms with van der Waals surface area (Å²) >= 11 is 12.9. The van der Waals surface area contributed by atoms with Gasteiger partial charge in [-0.15, -0.1) is 0 Å². The summed E-state index contributed by atoms with van der Waals surface area (Å²) in [5.74, 6) is 2.87. The van der Waals surface area contributed by atoms with Crippen LogP contribution >= 0.6 is 29.0 Å². The zero-order valence-corrected chi connectivity index (χ0v) is 13.7. The van der Waals surface area contributed by atoms with Crippen molar-refractivity contribution in [2.75, 3.05) is 13.3 Å². The van der Waals surface area contributed by atoms with Crippen molar-refractivity contribution in [3.8, 4) is 5.75 Å². The Morgan fingerprint density at radius 3 is 2.40 bits per heavy atom. The fraction of sp³-hybridized carbons (Fsp3) is 0.125. The van der Waals surface area contributed by atoms with Crippen LogP contribution < -0.4 is 4.52 Å². The van der Waals surface area contributed by atoms with Gasteiger partial charge in [0.25, 0.3) is 0 Å². The summed E-state index contributed by atoms with van der Waals surface area (Å²) in [5, 5.41) is 0.693. The summed E-state index contributed by atoms with van der Waals surface area (Å²) in [7, 11) is 0. The van der Waals surface area contributed by atoms with Gasteiger partial charge in [-0.3, -0.25) is 0 Å². The van der Waals surface area contributed by atoms with E-state index < -0.39 is 6.18 Å². The van der Waals surface area contributed by atoms with E-state index in [-0.39, 0.29) is 0 Å². The van der Waals surface area contributed by atoms with E-state index in [1.54, 1.807) is 0 Å². The zero-order valence-electron chi connectivity index (χ0n) is 11.3. The van der Waals surface area contributed by atoms with E-state index in [0.29, 0.717) is 5.02 Å². The van der Waals surface area contributed by atoms with E-state index in [0.717, 1.165) is 22.4 Å². The normalized spacial score (nSPS) is 20.8. The Morgan fingerprint density at radius 2 is 1.70 bits per heavy atom. The van der Waals surface area contributed by atoms with Crippen molar-refractivity contribution in [2.45, 2.75) is 0 Å². The average molecular weight is 325 g/mol. The molecule has 2 aromatic rings. The molecule has 0 spiro atoms. The molecule has 0 N–H and O–H groups in total. The second kappa shape index (κ2) is 4.49. The molecule has 0 bridgehead atoms. The van der Waals surface area contributed by atoms with Crippen molar-refractivity contribution in [3.05, 3.63) is 70.5 Å². The van der Waals surface area contributed by atoms with Crippen molar-refractivity contribution < 1.29 is 4.52 Å². The van der Waals surface area contributed by atoms with Gasteiger partial charge in [0.1, 0.15) is 0 Å². The van der Waals surface area contributed by atoms with Gasteiger partial charge >= 0.3 is 129 Å². The predicted molar refractivity (Wildman–Crippen MR) is 90.2 cm³/mol. The number of hydrogen-bond acceptors (Lipinski definition) is 1. The minimum atomic E-state index is -2.81. The van der Waals surface area contributed by atoms with Crippen LogP contribution in [0.1, 0.15) is 11.1 Å². The number of benzene rings is 2. The summed E-state index contributed by atoms with van der Waals surface area (Å²) < 4.78 is 6.07. The quantitative estimate of drug-likeness (QED) is 0.584. The Hall–Kier alpha value is -1.01. The number of hydrogen-bond donors (Lipinski definition) is 0. The van der Waals surface area contributed by atoms with Gasteiger partial charge in [0.15, 0.2) is 0 Å². The predicted octanol–water partition coefficient (Wildman–Crippen LogP) is 6.00. The number of halogens is 2. The van der Waals surface area contributed by atoms with Crippen molar-refractivity contribution in [1.82, 2.24) is 0 Å². The molecular weight excluding hydrogens is 310 g/mol.